The van der Waals surface area contributed by atoms with Crippen LogP contribution >= 0.6 is 11.8 Å². The largest absolute Gasteiger partial charge is 0.363 e. The number of hydrogen-bond donors (Lipinski definition) is 0. The van der Waals surface area contributed by atoms with Gasteiger partial charge in [-0.3, -0.25) is 4.79 Å². The third kappa shape index (κ3) is 2.88. The molecule has 1 amide bonds. The Balaban J connectivity index is 1.45. The van der Waals surface area contributed by atoms with E-state index in [0.717, 1.165) is 30.8 Å². The van der Waals surface area contributed by atoms with E-state index in [2.05, 4.69) is 5.16 Å². The molecule has 120 valence electrons. The molecular formula is C17H18N2O3S. The summed E-state index contributed by atoms with van der Waals surface area (Å²) in [7, 11) is 0. The molecule has 0 bridgehead atoms. The van der Waals surface area contributed by atoms with Crippen LogP contribution in [0.25, 0.3) is 11.3 Å². The van der Waals surface area contributed by atoms with Crippen LogP contribution in [0.5, 0.6) is 0 Å². The number of amides is 1. The van der Waals surface area contributed by atoms with Crippen molar-refractivity contribution in [3.63, 3.8) is 0 Å². The number of benzene rings is 1. The van der Waals surface area contributed by atoms with Crippen molar-refractivity contribution < 1.29 is 14.1 Å². The van der Waals surface area contributed by atoms with Crippen LogP contribution in [-0.4, -0.2) is 46.3 Å². The van der Waals surface area contributed by atoms with Gasteiger partial charge in [0.05, 0.1) is 6.61 Å². The van der Waals surface area contributed by atoms with Crippen LogP contribution in [0, 0.1) is 0 Å². The average molecular weight is 330 g/mol. The molecule has 0 saturated carbocycles. The van der Waals surface area contributed by atoms with E-state index in [1.54, 1.807) is 6.07 Å². The van der Waals surface area contributed by atoms with Gasteiger partial charge in [-0.25, -0.2) is 0 Å². The summed E-state index contributed by atoms with van der Waals surface area (Å²) in [4.78, 5) is 14.4. The maximum atomic E-state index is 12.6. The quantitative estimate of drug-likeness (QED) is 0.847. The predicted molar refractivity (Wildman–Crippen MR) is 88.2 cm³/mol. The molecule has 1 aromatic carbocycles. The first-order valence-electron chi connectivity index (χ1n) is 7.85. The van der Waals surface area contributed by atoms with Gasteiger partial charge >= 0.3 is 0 Å². The van der Waals surface area contributed by atoms with Crippen molar-refractivity contribution in [2.45, 2.75) is 17.8 Å². The molecule has 1 aromatic heterocycles. The molecule has 2 aliphatic heterocycles. The molecule has 1 spiro atoms. The van der Waals surface area contributed by atoms with E-state index in [0.29, 0.717) is 24.5 Å². The zero-order valence-corrected chi connectivity index (χ0v) is 13.6. The second-order valence-corrected chi connectivity index (χ2v) is 7.28. The molecule has 6 heteroatoms. The number of ether oxygens (including phenoxy) is 1. The summed E-state index contributed by atoms with van der Waals surface area (Å²) < 4.78 is 11.2. The van der Waals surface area contributed by atoms with Crippen molar-refractivity contribution in [1.82, 2.24) is 10.1 Å². The molecule has 0 radical (unpaired) electrons. The maximum absolute atomic E-state index is 12.6. The maximum Gasteiger partial charge on any atom is 0.276 e. The Morgan fingerprint density at radius 3 is 2.70 bits per heavy atom. The second kappa shape index (κ2) is 6.02. The summed E-state index contributed by atoms with van der Waals surface area (Å²) in [6.45, 7) is 2.24. The molecule has 0 unspecified atom stereocenters. The lowest BCUT2D eigenvalue weighted by Crippen LogP contribution is -2.45. The predicted octanol–water partition coefficient (Wildman–Crippen LogP) is 3.04. The summed E-state index contributed by atoms with van der Waals surface area (Å²) in [6, 6.07) is 11.4. The Bertz CT molecular complexity index is 685. The van der Waals surface area contributed by atoms with E-state index in [1.165, 1.54) is 0 Å². The van der Waals surface area contributed by atoms with Gasteiger partial charge in [0.2, 0.25) is 0 Å². The van der Waals surface area contributed by atoms with Gasteiger partial charge in [-0.15, -0.1) is 11.8 Å². The first-order chi connectivity index (χ1) is 11.3. The Hall–Kier alpha value is -1.79. The first kappa shape index (κ1) is 14.8. The van der Waals surface area contributed by atoms with Gasteiger partial charge in [-0.05, 0) is 0 Å². The molecule has 2 aromatic rings. The summed E-state index contributed by atoms with van der Waals surface area (Å²) in [6.07, 6.45) is 1.76. The highest BCUT2D eigenvalue weighted by molar-refractivity contribution is 8.00. The van der Waals surface area contributed by atoms with Gasteiger partial charge in [0.25, 0.3) is 5.91 Å². The smallest absolute Gasteiger partial charge is 0.276 e. The fraction of sp³-hybridized carbons (Fsp3) is 0.412. The lowest BCUT2D eigenvalue weighted by Gasteiger charge is -2.37. The van der Waals surface area contributed by atoms with E-state index in [9.17, 15) is 4.79 Å². The topological polar surface area (TPSA) is 55.6 Å². The number of aromatic nitrogens is 1. The molecular weight excluding hydrogens is 312 g/mol. The summed E-state index contributed by atoms with van der Waals surface area (Å²) >= 11 is 1.88. The van der Waals surface area contributed by atoms with E-state index < -0.39 is 0 Å². The van der Waals surface area contributed by atoms with Crippen LogP contribution in [-0.2, 0) is 4.74 Å². The molecule has 2 fully saturated rings. The third-order valence-corrected chi connectivity index (χ3v) is 5.84. The molecule has 0 N–H and O–H groups in total. The summed E-state index contributed by atoms with van der Waals surface area (Å²) in [5, 5.41) is 3.95. The Morgan fingerprint density at radius 1 is 1.22 bits per heavy atom. The van der Waals surface area contributed by atoms with Gasteiger partial charge < -0.3 is 14.2 Å². The molecule has 2 aliphatic rings. The molecule has 0 atom stereocenters. The van der Waals surface area contributed by atoms with Crippen LogP contribution < -0.4 is 0 Å². The number of rotatable bonds is 2. The molecule has 3 heterocycles. The van der Waals surface area contributed by atoms with E-state index in [-0.39, 0.29) is 10.8 Å². The van der Waals surface area contributed by atoms with Crippen molar-refractivity contribution in [2.24, 2.45) is 0 Å². The van der Waals surface area contributed by atoms with Gasteiger partial charge in [0.15, 0.2) is 11.5 Å². The minimum atomic E-state index is -0.0613. The number of carbonyl (C=O) groups excluding carboxylic acids is 1. The number of nitrogens with zero attached hydrogens (tertiary/aromatic N) is 2. The molecule has 2 saturated heterocycles. The Morgan fingerprint density at radius 2 is 2.00 bits per heavy atom. The molecule has 23 heavy (non-hydrogen) atoms. The first-order valence-corrected chi connectivity index (χ1v) is 8.84. The fourth-order valence-electron chi connectivity index (χ4n) is 3.11. The Labute approximate surface area is 139 Å². The van der Waals surface area contributed by atoms with Crippen molar-refractivity contribution in [3.05, 3.63) is 42.1 Å². The van der Waals surface area contributed by atoms with Crippen LogP contribution in [0.4, 0.5) is 0 Å². The highest BCUT2D eigenvalue weighted by atomic mass is 32.2. The molecule has 5 nitrogen and oxygen atoms in total. The average Bonchev–Trinajstić information content (AvgIpc) is 3.26. The van der Waals surface area contributed by atoms with E-state index in [4.69, 9.17) is 9.26 Å². The van der Waals surface area contributed by atoms with Crippen LogP contribution in [0.3, 0.4) is 0 Å². The van der Waals surface area contributed by atoms with Crippen molar-refractivity contribution >= 4 is 17.7 Å². The zero-order chi connectivity index (χ0) is 15.7. The lowest BCUT2D eigenvalue weighted by molar-refractivity contribution is 0.00328. The third-order valence-electron chi connectivity index (χ3n) is 4.41. The van der Waals surface area contributed by atoms with Gasteiger partial charge in [0, 0.05) is 43.3 Å². The van der Waals surface area contributed by atoms with Crippen molar-refractivity contribution in [3.8, 4) is 11.3 Å². The van der Waals surface area contributed by atoms with Gasteiger partial charge in [-0.2, -0.15) is 0 Å². The number of hydrogen-bond acceptors (Lipinski definition) is 5. The number of thioether (sulfide) groups is 1. The highest BCUT2D eigenvalue weighted by Gasteiger charge is 2.40. The van der Waals surface area contributed by atoms with Crippen LogP contribution in [0.15, 0.2) is 40.9 Å². The summed E-state index contributed by atoms with van der Waals surface area (Å²) in [5.74, 6) is 1.61. The normalized spacial score (nSPS) is 20.1. The Kier molecular flexibility index (Phi) is 3.87. The lowest BCUT2D eigenvalue weighted by atomic mass is 10.1. The van der Waals surface area contributed by atoms with Crippen molar-refractivity contribution in [1.29, 1.82) is 0 Å². The number of carbonyl (C=O) groups is 1. The molecule has 4 rings (SSSR count). The minimum absolute atomic E-state index is 0.0597. The number of piperidine rings is 1. The second-order valence-electron chi connectivity index (χ2n) is 5.84. The standard InChI is InChI=1S/C17H18N2O3S/c20-16(19-8-6-17(7-9-19)21-10-11-23-17)14-12-15(22-18-14)13-4-2-1-3-5-13/h1-5,12H,6-11H2. The minimum Gasteiger partial charge on any atom is -0.363 e. The van der Waals surface area contributed by atoms with Gasteiger partial charge in [0.1, 0.15) is 4.93 Å². The van der Waals surface area contributed by atoms with Gasteiger partial charge in [-0.1, -0.05) is 35.5 Å². The zero-order valence-electron chi connectivity index (χ0n) is 12.7. The van der Waals surface area contributed by atoms with Crippen molar-refractivity contribution in [2.75, 3.05) is 25.4 Å². The monoisotopic (exact) mass is 330 g/mol. The fourth-order valence-corrected chi connectivity index (χ4v) is 4.29. The summed E-state index contributed by atoms with van der Waals surface area (Å²) in [5.41, 5.74) is 1.30. The highest BCUT2D eigenvalue weighted by Crippen LogP contribution is 2.41. The number of likely N-dealkylation sites (tertiary alicyclic amines) is 1. The SMILES string of the molecule is O=C(c1cc(-c2ccccc2)on1)N1CCC2(CC1)OCCS2. The molecule has 0 aliphatic carbocycles. The van der Waals surface area contributed by atoms with Crippen LogP contribution in [0.2, 0.25) is 0 Å². The van der Waals surface area contributed by atoms with E-state index in [1.807, 2.05) is 47.0 Å². The van der Waals surface area contributed by atoms with E-state index >= 15 is 0 Å². The van der Waals surface area contributed by atoms with Crippen LogP contribution in [0.1, 0.15) is 23.3 Å².